The number of hydrogen-bond donors (Lipinski definition) is 2. The van der Waals surface area contributed by atoms with E-state index >= 15 is 0 Å². The van der Waals surface area contributed by atoms with E-state index in [-0.39, 0.29) is 13.1 Å². The topological polar surface area (TPSA) is 89.3 Å². The lowest BCUT2D eigenvalue weighted by atomic mass is 10.1. The number of aliphatic hydroxyl groups is 1. The molecule has 1 atom stereocenters. The number of carbonyl (C=O) groups excluding carboxylic acids is 1. The number of nitrogens with zero attached hydrogens (tertiary/aromatic N) is 3. The fourth-order valence-corrected chi connectivity index (χ4v) is 2.07. The smallest absolute Gasteiger partial charge is 0.407 e. The summed E-state index contributed by atoms with van der Waals surface area (Å²) in [7, 11) is 0. The van der Waals surface area contributed by atoms with Crippen LogP contribution in [0.2, 0.25) is 0 Å². The molecule has 1 unspecified atom stereocenters. The summed E-state index contributed by atoms with van der Waals surface area (Å²) in [6.07, 6.45) is 0.949. The van der Waals surface area contributed by atoms with Crippen LogP contribution in [-0.4, -0.2) is 31.8 Å². The molecule has 0 fully saturated rings. The average Bonchev–Trinajstić information content (AvgIpc) is 3.04. The number of allylic oxidation sites excluding steroid dienone is 1. The van der Waals surface area contributed by atoms with Gasteiger partial charge in [0.2, 0.25) is 0 Å². The largest absolute Gasteiger partial charge is 0.444 e. The van der Waals surface area contributed by atoms with E-state index in [1.807, 2.05) is 0 Å². The molecular weight excluding hydrogens is 339 g/mol. The van der Waals surface area contributed by atoms with Crippen molar-refractivity contribution in [3.8, 4) is 0 Å². The molecule has 0 saturated carbocycles. The quantitative estimate of drug-likeness (QED) is 0.825. The second-order valence-corrected chi connectivity index (χ2v) is 6.69. The minimum Gasteiger partial charge on any atom is -0.444 e. The lowest BCUT2D eigenvalue weighted by Crippen LogP contribution is -2.32. The Kier molecular flexibility index (Phi) is 6.46. The summed E-state index contributed by atoms with van der Waals surface area (Å²) in [5.74, 6) is -0.667. The van der Waals surface area contributed by atoms with Gasteiger partial charge in [0.15, 0.2) is 0 Å². The Balaban J connectivity index is 1.87. The summed E-state index contributed by atoms with van der Waals surface area (Å²) in [4.78, 5) is 11.6. The first-order chi connectivity index (χ1) is 12.2. The number of rotatable bonds is 6. The molecule has 0 aliphatic heterocycles. The van der Waals surface area contributed by atoms with Crippen LogP contribution in [0.5, 0.6) is 0 Å². The molecule has 1 aromatic heterocycles. The van der Waals surface area contributed by atoms with Gasteiger partial charge < -0.3 is 15.2 Å². The Bertz CT molecular complexity index is 753. The van der Waals surface area contributed by atoms with Crippen molar-refractivity contribution in [3.63, 3.8) is 0 Å². The van der Waals surface area contributed by atoms with Crippen LogP contribution in [0, 0.1) is 0 Å². The number of aromatic nitrogens is 3. The maximum Gasteiger partial charge on any atom is 0.407 e. The molecule has 0 aliphatic carbocycles. The summed E-state index contributed by atoms with van der Waals surface area (Å²) >= 11 is 0. The first-order valence-electron chi connectivity index (χ1n) is 8.19. The van der Waals surface area contributed by atoms with E-state index in [1.165, 1.54) is 10.8 Å². The van der Waals surface area contributed by atoms with E-state index in [2.05, 4.69) is 15.6 Å². The molecule has 1 heterocycles. The third kappa shape index (κ3) is 6.29. The SMILES string of the molecule is CC(C)(C)OC(=O)NCc1cn(C/C=C(\F)C(O)c2ccccc2)nn1. The van der Waals surface area contributed by atoms with Gasteiger partial charge in [-0.25, -0.2) is 13.9 Å². The molecule has 2 N–H and O–H groups in total. The van der Waals surface area contributed by atoms with Crippen molar-refractivity contribution in [2.45, 2.75) is 45.6 Å². The summed E-state index contributed by atoms with van der Waals surface area (Å²) in [6, 6.07) is 8.54. The number of halogens is 1. The minimum absolute atomic E-state index is 0.106. The van der Waals surface area contributed by atoms with Crippen molar-refractivity contribution < 1.29 is 19.0 Å². The van der Waals surface area contributed by atoms with Crippen LogP contribution in [0.3, 0.4) is 0 Å². The molecule has 8 heteroatoms. The summed E-state index contributed by atoms with van der Waals surface area (Å²) in [5.41, 5.74) is 0.402. The molecule has 0 saturated heterocycles. The van der Waals surface area contributed by atoms with Crippen molar-refractivity contribution in [1.82, 2.24) is 20.3 Å². The lowest BCUT2D eigenvalue weighted by Gasteiger charge is -2.19. The number of amides is 1. The van der Waals surface area contributed by atoms with E-state index in [4.69, 9.17) is 4.74 Å². The first-order valence-corrected chi connectivity index (χ1v) is 8.19. The molecule has 140 valence electrons. The minimum atomic E-state index is -1.31. The summed E-state index contributed by atoms with van der Waals surface area (Å²) < 4.78 is 20.6. The third-order valence-corrected chi connectivity index (χ3v) is 3.25. The zero-order chi connectivity index (χ0) is 19.2. The molecule has 2 aromatic rings. The molecule has 0 radical (unpaired) electrons. The van der Waals surface area contributed by atoms with Crippen LogP contribution in [0.1, 0.15) is 38.1 Å². The van der Waals surface area contributed by atoms with E-state index in [1.54, 1.807) is 57.3 Å². The molecule has 26 heavy (non-hydrogen) atoms. The Labute approximate surface area is 151 Å². The first kappa shape index (κ1) is 19.6. The fraction of sp³-hybridized carbons (Fsp3) is 0.389. The fourth-order valence-electron chi connectivity index (χ4n) is 2.07. The van der Waals surface area contributed by atoms with Crippen LogP contribution in [-0.2, 0) is 17.8 Å². The highest BCUT2D eigenvalue weighted by Crippen LogP contribution is 2.22. The van der Waals surface area contributed by atoms with E-state index in [0.717, 1.165) is 0 Å². The van der Waals surface area contributed by atoms with Crippen LogP contribution >= 0.6 is 0 Å². The molecule has 1 amide bonds. The van der Waals surface area contributed by atoms with Gasteiger partial charge in [0.05, 0.1) is 19.3 Å². The van der Waals surface area contributed by atoms with Crippen molar-refractivity contribution >= 4 is 6.09 Å². The Morgan fingerprint density at radius 2 is 2.08 bits per heavy atom. The highest BCUT2D eigenvalue weighted by Gasteiger charge is 2.16. The zero-order valence-electron chi connectivity index (χ0n) is 15.0. The second-order valence-electron chi connectivity index (χ2n) is 6.69. The van der Waals surface area contributed by atoms with Gasteiger partial charge >= 0.3 is 6.09 Å². The summed E-state index contributed by atoms with van der Waals surface area (Å²) in [5, 5.41) is 20.3. The summed E-state index contributed by atoms with van der Waals surface area (Å²) in [6.45, 7) is 5.57. The molecule has 1 aromatic carbocycles. The number of nitrogens with one attached hydrogen (secondary N) is 1. The second kappa shape index (κ2) is 8.57. The molecule has 0 bridgehead atoms. The van der Waals surface area contributed by atoms with Gasteiger partial charge in [0.1, 0.15) is 23.2 Å². The van der Waals surface area contributed by atoms with E-state index < -0.39 is 23.6 Å². The van der Waals surface area contributed by atoms with Gasteiger partial charge in [-0.1, -0.05) is 35.5 Å². The Hall–Kier alpha value is -2.74. The normalized spacial score (nSPS) is 13.3. The maximum absolute atomic E-state index is 14.1. The molecular formula is C18H23FN4O3. The molecule has 7 nitrogen and oxygen atoms in total. The number of benzene rings is 1. The molecule has 0 aliphatic rings. The molecule has 2 rings (SSSR count). The van der Waals surface area contributed by atoms with Gasteiger partial charge in [-0.15, -0.1) is 5.10 Å². The highest BCUT2D eigenvalue weighted by atomic mass is 19.1. The van der Waals surface area contributed by atoms with Crippen LogP contribution in [0.4, 0.5) is 9.18 Å². The monoisotopic (exact) mass is 362 g/mol. The van der Waals surface area contributed by atoms with Gasteiger partial charge in [0.25, 0.3) is 0 Å². The lowest BCUT2D eigenvalue weighted by molar-refractivity contribution is 0.0523. The van der Waals surface area contributed by atoms with Crippen LogP contribution in [0.15, 0.2) is 48.4 Å². The Morgan fingerprint density at radius 3 is 2.73 bits per heavy atom. The van der Waals surface area contributed by atoms with Crippen LogP contribution in [0.25, 0.3) is 0 Å². The number of hydrogen-bond acceptors (Lipinski definition) is 5. The highest BCUT2D eigenvalue weighted by molar-refractivity contribution is 5.67. The number of alkyl carbamates (subject to hydrolysis) is 1. The molecule has 0 spiro atoms. The van der Waals surface area contributed by atoms with Crippen molar-refractivity contribution in [1.29, 1.82) is 0 Å². The third-order valence-electron chi connectivity index (χ3n) is 3.25. The van der Waals surface area contributed by atoms with Gasteiger partial charge in [-0.05, 0) is 32.4 Å². The number of ether oxygens (including phenoxy) is 1. The van der Waals surface area contributed by atoms with Crippen molar-refractivity contribution in [2.75, 3.05) is 0 Å². The zero-order valence-corrected chi connectivity index (χ0v) is 15.0. The van der Waals surface area contributed by atoms with Crippen molar-refractivity contribution in [2.24, 2.45) is 0 Å². The van der Waals surface area contributed by atoms with E-state index in [9.17, 15) is 14.3 Å². The van der Waals surface area contributed by atoms with Crippen molar-refractivity contribution in [3.05, 3.63) is 59.7 Å². The van der Waals surface area contributed by atoms with Crippen LogP contribution < -0.4 is 5.32 Å². The predicted octanol–water partition coefficient (Wildman–Crippen LogP) is 2.89. The maximum atomic E-state index is 14.1. The van der Waals surface area contributed by atoms with Gasteiger partial charge in [-0.3, -0.25) is 0 Å². The average molecular weight is 362 g/mol. The number of carbonyl (C=O) groups is 1. The standard InChI is InChI=1S/C18H23FN4O3/c1-18(2,3)26-17(25)20-11-14-12-23(22-21-14)10-9-15(19)16(24)13-7-5-4-6-8-13/h4-9,12,16,24H,10-11H2,1-3H3,(H,20,25)/b15-9-. The van der Waals surface area contributed by atoms with Gasteiger partial charge in [-0.2, -0.15) is 0 Å². The van der Waals surface area contributed by atoms with E-state index in [0.29, 0.717) is 11.3 Å². The number of aliphatic hydroxyl groups excluding tert-OH is 1. The predicted molar refractivity (Wildman–Crippen MR) is 93.7 cm³/mol. The van der Waals surface area contributed by atoms with Gasteiger partial charge in [0, 0.05) is 0 Å². The Morgan fingerprint density at radius 1 is 1.38 bits per heavy atom.